The average Bonchev–Trinajstić information content (AvgIpc) is 2.90. The first-order chi connectivity index (χ1) is 8.31. The van der Waals surface area contributed by atoms with Crippen LogP contribution in [0.4, 0.5) is 0 Å². The quantitative estimate of drug-likeness (QED) is 0.864. The monoisotopic (exact) mass is 246 g/mol. The molecule has 0 saturated heterocycles. The number of nitrogens with one attached hydrogen (secondary N) is 1. The molecular weight excluding hydrogens is 228 g/mol. The summed E-state index contributed by atoms with van der Waals surface area (Å²) in [5.74, 6) is 0. The van der Waals surface area contributed by atoms with Crippen molar-refractivity contribution in [1.29, 1.82) is 0 Å². The maximum atomic E-state index is 4.39. The molecule has 0 fully saturated rings. The third kappa shape index (κ3) is 3.14. The van der Waals surface area contributed by atoms with Crippen molar-refractivity contribution in [2.24, 2.45) is 0 Å². The summed E-state index contributed by atoms with van der Waals surface area (Å²) >= 11 is 1.81. The van der Waals surface area contributed by atoms with E-state index >= 15 is 0 Å². The fourth-order valence-electron chi connectivity index (χ4n) is 1.91. The van der Waals surface area contributed by atoms with Crippen molar-refractivity contribution in [3.63, 3.8) is 0 Å². The molecule has 2 rings (SSSR count). The second-order valence-corrected chi connectivity index (χ2v) is 5.10. The zero-order chi connectivity index (χ0) is 12.1. The van der Waals surface area contributed by atoms with Gasteiger partial charge in [0, 0.05) is 23.2 Å². The molecule has 2 aromatic rings. The summed E-state index contributed by atoms with van der Waals surface area (Å²) in [6.07, 6.45) is 2.94. The number of aromatic nitrogens is 1. The van der Waals surface area contributed by atoms with Gasteiger partial charge in [0.25, 0.3) is 0 Å². The predicted octanol–water partition coefficient (Wildman–Crippen LogP) is 3.95. The topological polar surface area (TPSA) is 24.9 Å². The minimum absolute atomic E-state index is 0.281. The van der Waals surface area contributed by atoms with Crippen molar-refractivity contribution in [1.82, 2.24) is 10.3 Å². The smallest absolute Gasteiger partial charge is 0.0570 e. The Balaban J connectivity index is 2.05. The zero-order valence-corrected chi connectivity index (χ0v) is 11.1. The number of thiophene rings is 1. The lowest BCUT2D eigenvalue weighted by molar-refractivity contribution is 0.455. The van der Waals surface area contributed by atoms with Crippen LogP contribution in [0, 0.1) is 0 Å². The third-order valence-electron chi connectivity index (χ3n) is 2.88. The van der Waals surface area contributed by atoms with Gasteiger partial charge in [-0.3, -0.25) is 4.98 Å². The van der Waals surface area contributed by atoms with E-state index in [-0.39, 0.29) is 6.04 Å². The summed E-state index contributed by atoms with van der Waals surface area (Å²) in [5.41, 5.74) is 1.10. The number of nitrogens with zero attached hydrogens (tertiary/aromatic N) is 1. The number of pyridine rings is 1. The van der Waals surface area contributed by atoms with E-state index in [0.29, 0.717) is 6.04 Å². The normalized spacial score (nSPS) is 14.5. The highest BCUT2D eigenvalue weighted by molar-refractivity contribution is 7.10. The molecule has 0 aliphatic heterocycles. The fraction of sp³-hybridized carbons (Fsp3) is 0.357. The first kappa shape index (κ1) is 12.3. The summed E-state index contributed by atoms with van der Waals surface area (Å²) < 4.78 is 0. The molecule has 2 nitrogen and oxygen atoms in total. The lowest BCUT2D eigenvalue weighted by Crippen LogP contribution is -2.24. The Labute approximate surface area is 107 Å². The van der Waals surface area contributed by atoms with Crippen molar-refractivity contribution in [3.8, 4) is 0 Å². The lowest BCUT2D eigenvalue weighted by Gasteiger charge is -2.21. The molecular formula is C14H18N2S. The molecule has 2 heterocycles. The van der Waals surface area contributed by atoms with Gasteiger partial charge in [0.05, 0.1) is 5.69 Å². The Bertz CT molecular complexity index is 425. The van der Waals surface area contributed by atoms with E-state index < -0.39 is 0 Å². The highest BCUT2D eigenvalue weighted by Crippen LogP contribution is 2.24. The van der Waals surface area contributed by atoms with Gasteiger partial charge in [0.2, 0.25) is 0 Å². The molecule has 90 valence electrons. The molecule has 0 spiro atoms. The summed E-state index contributed by atoms with van der Waals surface area (Å²) in [6, 6.07) is 11.1. The molecule has 3 heteroatoms. The Morgan fingerprint density at radius 2 is 2.18 bits per heavy atom. The van der Waals surface area contributed by atoms with Crippen LogP contribution < -0.4 is 5.32 Å². The predicted molar refractivity (Wildman–Crippen MR) is 73.1 cm³/mol. The largest absolute Gasteiger partial charge is 0.301 e. The van der Waals surface area contributed by atoms with E-state index in [1.54, 1.807) is 0 Å². The summed E-state index contributed by atoms with van der Waals surface area (Å²) in [7, 11) is 0. The summed E-state index contributed by atoms with van der Waals surface area (Å²) in [5, 5.41) is 5.76. The van der Waals surface area contributed by atoms with E-state index in [1.165, 1.54) is 4.88 Å². The standard InChI is InChI=1S/C14H18N2S/c1-3-12(14-8-6-10-17-14)16-11(2)13-7-4-5-9-15-13/h4-12,16H,3H2,1-2H3/t11-,12?/m1/s1. The molecule has 0 saturated carbocycles. The van der Waals surface area contributed by atoms with Crippen molar-refractivity contribution in [2.45, 2.75) is 32.4 Å². The fourth-order valence-corrected chi connectivity index (χ4v) is 2.78. The van der Waals surface area contributed by atoms with Crippen LogP contribution in [0.25, 0.3) is 0 Å². The molecule has 17 heavy (non-hydrogen) atoms. The van der Waals surface area contributed by atoms with Gasteiger partial charge in [-0.2, -0.15) is 0 Å². The summed E-state index contributed by atoms with van der Waals surface area (Å²) in [4.78, 5) is 5.79. The molecule has 1 N–H and O–H groups in total. The second kappa shape index (κ2) is 5.94. The lowest BCUT2D eigenvalue weighted by atomic mass is 10.1. The molecule has 1 unspecified atom stereocenters. The van der Waals surface area contributed by atoms with Crippen molar-refractivity contribution in [3.05, 3.63) is 52.5 Å². The van der Waals surface area contributed by atoms with Crippen LogP contribution in [0.2, 0.25) is 0 Å². The van der Waals surface area contributed by atoms with Crippen LogP contribution >= 0.6 is 11.3 Å². The molecule has 2 atom stereocenters. The molecule has 0 radical (unpaired) electrons. The number of rotatable bonds is 5. The van der Waals surface area contributed by atoms with E-state index in [0.717, 1.165) is 12.1 Å². The first-order valence-electron chi connectivity index (χ1n) is 6.01. The molecule has 0 aromatic carbocycles. The van der Waals surface area contributed by atoms with E-state index in [4.69, 9.17) is 0 Å². The highest BCUT2D eigenvalue weighted by atomic mass is 32.1. The van der Waals surface area contributed by atoms with Crippen LogP contribution in [0.15, 0.2) is 41.9 Å². The zero-order valence-electron chi connectivity index (χ0n) is 10.3. The van der Waals surface area contributed by atoms with Gasteiger partial charge >= 0.3 is 0 Å². The van der Waals surface area contributed by atoms with Crippen LogP contribution in [-0.4, -0.2) is 4.98 Å². The summed E-state index contributed by atoms with van der Waals surface area (Å²) in [6.45, 7) is 4.38. The van der Waals surface area contributed by atoms with Gasteiger partial charge in [-0.25, -0.2) is 0 Å². The van der Waals surface area contributed by atoms with Gasteiger partial charge < -0.3 is 5.32 Å². The van der Waals surface area contributed by atoms with Crippen LogP contribution in [0.5, 0.6) is 0 Å². The Morgan fingerprint density at radius 1 is 1.29 bits per heavy atom. The minimum Gasteiger partial charge on any atom is -0.301 e. The van der Waals surface area contributed by atoms with Crippen LogP contribution in [-0.2, 0) is 0 Å². The van der Waals surface area contributed by atoms with Crippen molar-refractivity contribution in [2.75, 3.05) is 0 Å². The van der Waals surface area contributed by atoms with Crippen LogP contribution in [0.1, 0.15) is 42.9 Å². The molecule has 0 bridgehead atoms. The molecule has 0 aliphatic rings. The third-order valence-corrected chi connectivity index (χ3v) is 3.86. The number of hydrogen-bond acceptors (Lipinski definition) is 3. The van der Waals surface area contributed by atoms with Gasteiger partial charge in [-0.05, 0) is 36.9 Å². The maximum Gasteiger partial charge on any atom is 0.0570 e. The van der Waals surface area contributed by atoms with Gasteiger partial charge in [-0.1, -0.05) is 19.1 Å². The van der Waals surface area contributed by atoms with E-state index in [9.17, 15) is 0 Å². The Morgan fingerprint density at radius 3 is 2.76 bits per heavy atom. The van der Waals surface area contributed by atoms with E-state index in [2.05, 4.69) is 47.7 Å². The SMILES string of the molecule is CCC(N[C@H](C)c1ccccn1)c1cccs1. The number of hydrogen-bond donors (Lipinski definition) is 1. The van der Waals surface area contributed by atoms with Gasteiger partial charge in [-0.15, -0.1) is 11.3 Å². The van der Waals surface area contributed by atoms with Crippen LogP contribution in [0.3, 0.4) is 0 Å². The van der Waals surface area contributed by atoms with Gasteiger partial charge in [0.15, 0.2) is 0 Å². The van der Waals surface area contributed by atoms with Crippen molar-refractivity contribution < 1.29 is 0 Å². The second-order valence-electron chi connectivity index (χ2n) is 4.12. The Kier molecular flexibility index (Phi) is 4.29. The minimum atomic E-state index is 0.281. The average molecular weight is 246 g/mol. The molecule has 2 aromatic heterocycles. The Hall–Kier alpha value is -1.19. The van der Waals surface area contributed by atoms with E-state index in [1.807, 2.05) is 29.7 Å². The van der Waals surface area contributed by atoms with Gasteiger partial charge in [0.1, 0.15) is 0 Å². The molecule has 0 aliphatic carbocycles. The highest BCUT2D eigenvalue weighted by Gasteiger charge is 2.14. The molecule has 0 amide bonds. The maximum absolute atomic E-state index is 4.39. The van der Waals surface area contributed by atoms with Crippen molar-refractivity contribution >= 4 is 11.3 Å². The first-order valence-corrected chi connectivity index (χ1v) is 6.89.